The van der Waals surface area contributed by atoms with Crippen LogP contribution in [0.25, 0.3) is 5.57 Å². The van der Waals surface area contributed by atoms with Gasteiger partial charge in [0, 0.05) is 13.6 Å². The normalized spacial score (nSPS) is 12.4. The molecule has 0 bridgehead atoms. The molecule has 4 nitrogen and oxygen atoms in total. The van der Waals surface area contributed by atoms with Gasteiger partial charge in [-0.05, 0) is 25.8 Å². The van der Waals surface area contributed by atoms with Crippen molar-refractivity contribution in [3.05, 3.63) is 24.1 Å². The molecule has 0 aliphatic heterocycles. The van der Waals surface area contributed by atoms with Crippen LogP contribution in [0.4, 0.5) is 5.95 Å². The first kappa shape index (κ1) is 12.5. The largest absolute Gasteiger partial charge is 0.353 e. The fourth-order valence-corrected chi connectivity index (χ4v) is 1.35. The van der Waals surface area contributed by atoms with Gasteiger partial charge < -0.3 is 5.32 Å². The molecule has 16 heavy (non-hydrogen) atoms. The van der Waals surface area contributed by atoms with Crippen molar-refractivity contribution in [2.45, 2.75) is 27.2 Å². The zero-order valence-corrected chi connectivity index (χ0v) is 10.5. The first-order chi connectivity index (χ1) is 7.69. The Labute approximate surface area is 97.1 Å². The average Bonchev–Trinajstić information content (AvgIpc) is 2.64. The van der Waals surface area contributed by atoms with Crippen LogP contribution in [-0.4, -0.2) is 21.3 Å². The summed E-state index contributed by atoms with van der Waals surface area (Å²) in [6, 6.07) is 0. The van der Waals surface area contributed by atoms with Gasteiger partial charge in [0.2, 0.25) is 5.95 Å². The second-order valence-electron chi connectivity index (χ2n) is 3.68. The van der Waals surface area contributed by atoms with Crippen molar-refractivity contribution < 1.29 is 0 Å². The Hall–Kier alpha value is -1.58. The Bertz CT molecular complexity index is 388. The highest BCUT2D eigenvalue weighted by molar-refractivity contribution is 5.60. The zero-order chi connectivity index (χ0) is 12.0. The Kier molecular flexibility index (Phi) is 4.76. The highest BCUT2D eigenvalue weighted by Gasteiger charge is 2.07. The standard InChI is InChI=1S/C12H20N4/c1-5-7-8-10(3)11-14-12(13-9-6-2)15-16(11)4/h5,7-8H,6,9H2,1-4H3,(H,13,15)/b7-5-,10-8+. The maximum absolute atomic E-state index is 4.44. The lowest BCUT2D eigenvalue weighted by atomic mass is 10.2. The van der Waals surface area contributed by atoms with E-state index in [0.717, 1.165) is 24.4 Å². The van der Waals surface area contributed by atoms with Gasteiger partial charge in [0.1, 0.15) is 0 Å². The fraction of sp³-hybridized carbons (Fsp3) is 0.500. The number of allylic oxidation sites excluding steroid dienone is 4. The minimum atomic E-state index is 0.701. The number of hydrogen-bond donors (Lipinski definition) is 1. The number of aromatic nitrogens is 3. The van der Waals surface area contributed by atoms with Crippen LogP contribution >= 0.6 is 0 Å². The summed E-state index contributed by atoms with van der Waals surface area (Å²) in [6.07, 6.45) is 7.11. The molecule has 1 aromatic heterocycles. The van der Waals surface area contributed by atoms with Gasteiger partial charge in [-0.2, -0.15) is 4.98 Å². The molecule has 0 aliphatic carbocycles. The smallest absolute Gasteiger partial charge is 0.242 e. The van der Waals surface area contributed by atoms with E-state index in [2.05, 4.69) is 22.3 Å². The van der Waals surface area contributed by atoms with E-state index >= 15 is 0 Å². The molecule has 0 amide bonds. The molecular formula is C12H20N4. The average molecular weight is 220 g/mol. The minimum Gasteiger partial charge on any atom is -0.353 e. The van der Waals surface area contributed by atoms with Crippen molar-refractivity contribution in [2.24, 2.45) is 7.05 Å². The third kappa shape index (κ3) is 3.22. The SMILES string of the molecule is C/C=C\C=C(/C)c1nc(NCCC)nn1C. The van der Waals surface area contributed by atoms with E-state index in [9.17, 15) is 0 Å². The molecule has 0 saturated carbocycles. The van der Waals surface area contributed by atoms with Crippen molar-refractivity contribution in [2.75, 3.05) is 11.9 Å². The Balaban J connectivity index is 2.84. The maximum Gasteiger partial charge on any atom is 0.242 e. The van der Waals surface area contributed by atoms with Crippen LogP contribution in [0, 0.1) is 0 Å². The number of nitrogens with zero attached hydrogens (tertiary/aromatic N) is 3. The Morgan fingerprint density at radius 2 is 2.25 bits per heavy atom. The number of aryl methyl sites for hydroxylation is 1. The Morgan fingerprint density at radius 3 is 2.88 bits per heavy atom. The van der Waals surface area contributed by atoms with E-state index in [-0.39, 0.29) is 0 Å². The summed E-state index contributed by atoms with van der Waals surface area (Å²) in [5.74, 6) is 1.60. The lowest BCUT2D eigenvalue weighted by Gasteiger charge is -1.97. The van der Waals surface area contributed by atoms with Crippen molar-refractivity contribution in [1.29, 1.82) is 0 Å². The topological polar surface area (TPSA) is 42.7 Å². The molecule has 88 valence electrons. The molecule has 0 fully saturated rings. The summed E-state index contributed by atoms with van der Waals surface area (Å²) < 4.78 is 1.80. The van der Waals surface area contributed by atoms with E-state index in [1.54, 1.807) is 4.68 Å². The van der Waals surface area contributed by atoms with Crippen molar-refractivity contribution in [3.8, 4) is 0 Å². The maximum atomic E-state index is 4.44. The van der Waals surface area contributed by atoms with Gasteiger partial charge in [0.25, 0.3) is 0 Å². The van der Waals surface area contributed by atoms with Crippen LogP contribution in [0.15, 0.2) is 18.2 Å². The Morgan fingerprint density at radius 1 is 1.50 bits per heavy atom. The molecule has 0 spiro atoms. The first-order valence-electron chi connectivity index (χ1n) is 5.63. The lowest BCUT2D eigenvalue weighted by molar-refractivity contribution is 0.752. The minimum absolute atomic E-state index is 0.701. The van der Waals surface area contributed by atoms with Crippen molar-refractivity contribution in [3.63, 3.8) is 0 Å². The third-order valence-electron chi connectivity index (χ3n) is 2.19. The molecular weight excluding hydrogens is 200 g/mol. The lowest BCUT2D eigenvalue weighted by Crippen LogP contribution is -2.01. The summed E-state index contributed by atoms with van der Waals surface area (Å²) in [4.78, 5) is 4.44. The summed E-state index contributed by atoms with van der Waals surface area (Å²) in [6.45, 7) is 7.05. The number of nitrogens with one attached hydrogen (secondary N) is 1. The van der Waals surface area contributed by atoms with Crippen LogP contribution in [0.3, 0.4) is 0 Å². The quantitative estimate of drug-likeness (QED) is 0.776. The van der Waals surface area contributed by atoms with Gasteiger partial charge in [0.05, 0.1) is 0 Å². The van der Waals surface area contributed by atoms with Crippen LogP contribution in [0.1, 0.15) is 33.0 Å². The number of rotatable bonds is 5. The molecule has 1 rings (SSSR count). The second kappa shape index (κ2) is 6.10. The van der Waals surface area contributed by atoms with Gasteiger partial charge in [-0.3, -0.25) is 0 Å². The van der Waals surface area contributed by atoms with Crippen molar-refractivity contribution >= 4 is 11.5 Å². The summed E-state index contributed by atoms with van der Waals surface area (Å²) in [7, 11) is 1.91. The van der Waals surface area contributed by atoms with E-state index in [1.165, 1.54) is 0 Å². The van der Waals surface area contributed by atoms with Gasteiger partial charge in [-0.25, -0.2) is 4.68 Å². The van der Waals surface area contributed by atoms with Crippen molar-refractivity contribution in [1.82, 2.24) is 14.8 Å². The number of hydrogen-bond acceptors (Lipinski definition) is 3. The van der Waals surface area contributed by atoms with Crippen LogP contribution in [0.5, 0.6) is 0 Å². The highest BCUT2D eigenvalue weighted by Crippen LogP contribution is 2.12. The van der Waals surface area contributed by atoms with E-state index < -0.39 is 0 Å². The molecule has 4 heteroatoms. The molecule has 1 N–H and O–H groups in total. The monoisotopic (exact) mass is 220 g/mol. The molecule has 1 heterocycles. The fourth-order valence-electron chi connectivity index (χ4n) is 1.35. The zero-order valence-electron chi connectivity index (χ0n) is 10.5. The number of anilines is 1. The molecule has 0 aliphatic rings. The van der Waals surface area contributed by atoms with E-state index in [4.69, 9.17) is 0 Å². The van der Waals surface area contributed by atoms with Crippen LogP contribution < -0.4 is 5.32 Å². The third-order valence-corrected chi connectivity index (χ3v) is 2.19. The predicted molar refractivity (Wildman–Crippen MR) is 68.2 cm³/mol. The van der Waals surface area contributed by atoms with E-state index in [0.29, 0.717) is 5.95 Å². The predicted octanol–water partition coefficient (Wildman–Crippen LogP) is 2.62. The molecule has 1 aromatic rings. The second-order valence-corrected chi connectivity index (χ2v) is 3.68. The molecule has 0 saturated heterocycles. The first-order valence-corrected chi connectivity index (χ1v) is 5.63. The summed E-state index contributed by atoms with van der Waals surface area (Å²) >= 11 is 0. The van der Waals surface area contributed by atoms with Gasteiger partial charge in [-0.15, -0.1) is 5.10 Å². The molecule has 0 aromatic carbocycles. The van der Waals surface area contributed by atoms with Gasteiger partial charge in [-0.1, -0.05) is 25.2 Å². The molecule has 0 radical (unpaired) electrons. The van der Waals surface area contributed by atoms with Gasteiger partial charge in [0.15, 0.2) is 5.82 Å². The summed E-state index contributed by atoms with van der Waals surface area (Å²) in [5.41, 5.74) is 1.11. The van der Waals surface area contributed by atoms with E-state index in [1.807, 2.05) is 39.1 Å². The molecule has 0 unspecified atom stereocenters. The summed E-state index contributed by atoms with van der Waals surface area (Å²) in [5, 5.41) is 7.49. The van der Waals surface area contributed by atoms with Gasteiger partial charge >= 0.3 is 0 Å². The van der Waals surface area contributed by atoms with Crippen LogP contribution in [-0.2, 0) is 7.05 Å². The van der Waals surface area contributed by atoms with Crippen LogP contribution in [0.2, 0.25) is 0 Å². The molecule has 0 atom stereocenters. The highest BCUT2D eigenvalue weighted by atomic mass is 15.4.